The van der Waals surface area contributed by atoms with Gasteiger partial charge in [-0.2, -0.15) is 4.31 Å². The second-order valence-electron chi connectivity index (χ2n) is 6.65. The van der Waals surface area contributed by atoms with Gasteiger partial charge in [0.25, 0.3) is 0 Å². The Morgan fingerprint density at radius 2 is 1.84 bits per heavy atom. The summed E-state index contributed by atoms with van der Waals surface area (Å²) in [6.45, 7) is 7.13. The first kappa shape index (κ1) is 17.9. The van der Waals surface area contributed by atoms with Crippen molar-refractivity contribution >= 4 is 15.7 Å². The minimum atomic E-state index is -3.70. The molecule has 0 amide bonds. The molecule has 1 unspecified atom stereocenters. The molecular formula is C19H23FN2O2S. The number of nitrogens with zero attached hydrogens (tertiary/aromatic N) is 2. The first-order chi connectivity index (χ1) is 11.8. The number of piperazine rings is 1. The van der Waals surface area contributed by atoms with E-state index in [1.807, 2.05) is 32.0 Å². The van der Waals surface area contributed by atoms with Crippen molar-refractivity contribution in [2.75, 3.05) is 24.5 Å². The highest BCUT2D eigenvalue weighted by molar-refractivity contribution is 7.89. The molecule has 4 nitrogen and oxygen atoms in total. The van der Waals surface area contributed by atoms with E-state index in [2.05, 4.69) is 11.0 Å². The molecular weight excluding hydrogens is 339 g/mol. The number of aryl methyl sites for hydroxylation is 2. The van der Waals surface area contributed by atoms with Crippen molar-refractivity contribution in [3.63, 3.8) is 0 Å². The number of rotatable bonds is 3. The van der Waals surface area contributed by atoms with E-state index in [1.54, 1.807) is 6.92 Å². The third kappa shape index (κ3) is 3.55. The summed E-state index contributed by atoms with van der Waals surface area (Å²) in [6.07, 6.45) is 0. The summed E-state index contributed by atoms with van der Waals surface area (Å²) in [4.78, 5) is 2.28. The monoisotopic (exact) mass is 362 g/mol. The van der Waals surface area contributed by atoms with E-state index >= 15 is 0 Å². The first-order valence-electron chi connectivity index (χ1n) is 8.38. The van der Waals surface area contributed by atoms with Gasteiger partial charge in [-0.25, -0.2) is 12.8 Å². The minimum Gasteiger partial charge on any atom is -0.366 e. The van der Waals surface area contributed by atoms with Gasteiger partial charge in [-0.15, -0.1) is 0 Å². The smallest absolute Gasteiger partial charge is 0.243 e. The fraction of sp³-hybridized carbons (Fsp3) is 0.368. The summed E-state index contributed by atoms with van der Waals surface area (Å²) in [5.41, 5.74) is 2.84. The van der Waals surface area contributed by atoms with Crippen LogP contribution in [0.15, 0.2) is 47.4 Å². The lowest BCUT2D eigenvalue weighted by Gasteiger charge is -2.40. The molecule has 2 aromatic carbocycles. The van der Waals surface area contributed by atoms with Crippen LogP contribution in [0.5, 0.6) is 0 Å². The van der Waals surface area contributed by atoms with Crippen LogP contribution in [0.4, 0.5) is 10.1 Å². The van der Waals surface area contributed by atoms with Crippen molar-refractivity contribution in [2.24, 2.45) is 0 Å². The summed E-state index contributed by atoms with van der Waals surface area (Å²) in [5, 5.41) is 0. The van der Waals surface area contributed by atoms with Crippen LogP contribution in [0.3, 0.4) is 0 Å². The van der Waals surface area contributed by atoms with Crippen LogP contribution < -0.4 is 4.90 Å². The van der Waals surface area contributed by atoms with E-state index in [9.17, 15) is 12.8 Å². The van der Waals surface area contributed by atoms with Crippen molar-refractivity contribution in [3.05, 3.63) is 59.4 Å². The van der Waals surface area contributed by atoms with Crippen LogP contribution >= 0.6 is 0 Å². The van der Waals surface area contributed by atoms with Gasteiger partial charge in [0.15, 0.2) is 0 Å². The molecule has 1 heterocycles. The zero-order valence-electron chi connectivity index (χ0n) is 14.7. The lowest BCUT2D eigenvalue weighted by molar-refractivity contribution is 0.342. The molecule has 0 radical (unpaired) electrons. The fourth-order valence-electron chi connectivity index (χ4n) is 3.32. The van der Waals surface area contributed by atoms with Crippen molar-refractivity contribution in [1.82, 2.24) is 4.31 Å². The van der Waals surface area contributed by atoms with Gasteiger partial charge in [0.05, 0.1) is 4.90 Å². The molecule has 134 valence electrons. The molecule has 0 N–H and O–H groups in total. The Labute approximate surface area is 148 Å². The molecule has 1 aliphatic rings. The van der Waals surface area contributed by atoms with Crippen LogP contribution in [-0.2, 0) is 10.0 Å². The summed E-state index contributed by atoms with van der Waals surface area (Å²) >= 11 is 0. The molecule has 0 bridgehead atoms. The summed E-state index contributed by atoms with van der Waals surface area (Å²) in [5.74, 6) is -0.532. The largest absolute Gasteiger partial charge is 0.366 e. The maximum absolute atomic E-state index is 13.6. The number of sulfonamides is 1. The second kappa shape index (κ2) is 6.77. The Kier molecular flexibility index (Phi) is 4.84. The van der Waals surface area contributed by atoms with E-state index in [0.717, 1.165) is 11.8 Å². The Bertz CT molecular complexity index is 883. The van der Waals surface area contributed by atoms with Gasteiger partial charge in [-0.05, 0) is 56.2 Å². The Morgan fingerprint density at radius 3 is 2.52 bits per heavy atom. The van der Waals surface area contributed by atoms with Gasteiger partial charge in [0, 0.05) is 31.4 Å². The quantitative estimate of drug-likeness (QED) is 0.841. The van der Waals surface area contributed by atoms with Gasteiger partial charge in [0.2, 0.25) is 10.0 Å². The maximum Gasteiger partial charge on any atom is 0.243 e. The molecule has 1 fully saturated rings. The third-order valence-corrected chi connectivity index (χ3v) is 6.70. The van der Waals surface area contributed by atoms with Gasteiger partial charge < -0.3 is 4.90 Å². The average molecular weight is 362 g/mol. The number of halogens is 1. The number of anilines is 1. The van der Waals surface area contributed by atoms with Gasteiger partial charge in [-0.3, -0.25) is 0 Å². The van der Waals surface area contributed by atoms with Crippen molar-refractivity contribution in [2.45, 2.75) is 31.7 Å². The first-order valence-corrected chi connectivity index (χ1v) is 9.82. The molecule has 2 aromatic rings. The van der Waals surface area contributed by atoms with Crippen LogP contribution in [0.2, 0.25) is 0 Å². The Morgan fingerprint density at radius 1 is 1.08 bits per heavy atom. The predicted octanol–water partition coefficient (Wildman–Crippen LogP) is 3.34. The van der Waals surface area contributed by atoms with Crippen molar-refractivity contribution in [3.8, 4) is 0 Å². The molecule has 1 saturated heterocycles. The Balaban J connectivity index is 1.84. The van der Waals surface area contributed by atoms with Crippen molar-refractivity contribution in [1.29, 1.82) is 0 Å². The zero-order valence-corrected chi connectivity index (χ0v) is 15.6. The summed E-state index contributed by atoms with van der Waals surface area (Å²) in [6, 6.07) is 12.2. The van der Waals surface area contributed by atoms with Gasteiger partial charge in [-0.1, -0.05) is 18.2 Å². The Hall–Kier alpha value is -1.92. The SMILES string of the molecule is Cc1cccc(N2CCN(S(=O)(=O)c3cc(F)ccc3C)CC2C)c1. The van der Waals surface area contributed by atoms with E-state index in [-0.39, 0.29) is 10.9 Å². The van der Waals surface area contributed by atoms with Crippen LogP contribution in [0.1, 0.15) is 18.1 Å². The molecule has 25 heavy (non-hydrogen) atoms. The summed E-state index contributed by atoms with van der Waals surface area (Å²) in [7, 11) is -3.70. The average Bonchev–Trinajstić information content (AvgIpc) is 2.56. The lowest BCUT2D eigenvalue weighted by Crippen LogP contribution is -2.53. The molecule has 0 aliphatic carbocycles. The highest BCUT2D eigenvalue weighted by Crippen LogP contribution is 2.26. The summed E-state index contributed by atoms with van der Waals surface area (Å²) < 4.78 is 40.9. The lowest BCUT2D eigenvalue weighted by atomic mass is 10.1. The molecule has 1 aliphatic heterocycles. The predicted molar refractivity (Wildman–Crippen MR) is 97.9 cm³/mol. The van der Waals surface area contributed by atoms with E-state index in [1.165, 1.54) is 22.0 Å². The maximum atomic E-state index is 13.6. The molecule has 6 heteroatoms. The van der Waals surface area contributed by atoms with Gasteiger partial charge in [0.1, 0.15) is 5.82 Å². The number of benzene rings is 2. The van der Waals surface area contributed by atoms with E-state index in [4.69, 9.17) is 0 Å². The van der Waals surface area contributed by atoms with Crippen LogP contribution in [-0.4, -0.2) is 38.4 Å². The second-order valence-corrected chi connectivity index (χ2v) is 8.56. The highest BCUT2D eigenvalue weighted by atomic mass is 32.2. The normalized spacial score (nSPS) is 19.2. The van der Waals surface area contributed by atoms with Gasteiger partial charge >= 0.3 is 0 Å². The number of hydrogen-bond donors (Lipinski definition) is 0. The van der Waals surface area contributed by atoms with Crippen molar-refractivity contribution < 1.29 is 12.8 Å². The minimum absolute atomic E-state index is 0.0409. The third-order valence-electron chi connectivity index (χ3n) is 4.69. The fourth-order valence-corrected chi connectivity index (χ4v) is 5.07. The molecule has 0 spiro atoms. The highest BCUT2D eigenvalue weighted by Gasteiger charge is 2.33. The van der Waals surface area contributed by atoms with Crippen LogP contribution in [0.25, 0.3) is 0 Å². The molecule has 1 atom stereocenters. The zero-order chi connectivity index (χ0) is 18.2. The topological polar surface area (TPSA) is 40.6 Å². The molecule has 3 rings (SSSR count). The van der Waals surface area contributed by atoms with E-state index < -0.39 is 15.8 Å². The molecule has 0 saturated carbocycles. The standard InChI is InChI=1S/C19H23FN2O2S/c1-14-5-4-6-18(11-14)22-10-9-21(13-16(22)3)25(23,24)19-12-17(20)8-7-15(19)2/h4-8,11-12,16H,9-10,13H2,1-3H3. The van der Waals surface area contributed by atoms with Crippen LogP contribution in [0, 0.1) is 19.7 Å². The molecule has 0 aromatic heterocycles. The number of hydrogen-bond acceptors (Lipinski definition) is 3. The van der Waals surface area contributed by atoms with E-state index in [0.29, 0.717) is 25.2 Å².